The number of phenolic OH excluding ortho intramolecular Hbond substituents is 2. The predicted molar refractivity (Wildman–Crippen MR) is 98.6 cm³/mol. The van der Waals surface area contributed by atoms with Crippen LogP contribution in [0.5, 0.6) is 23.0 Å². The van der Waals surface area contributed by atoms with Crippen LogP contribution in [-0.4, -0.2) is 59.4 Å². The van der Waals surface area contributed by atoms with Crippen LogP contribution in [0.1, 0.15) is 28.4 Å². The first-order valence-electron chi connectivity index (χ1n) is 8.65. The fraction of sp³-hybridized carbons (Fsp3) is 0.350. The molecule has 0 saturated heterocycles. The van der Waals surface area contributed by atoms with Gasteiger partial charge in [-0.1, -0.05) is 12.1 Å². The van der Waals surface area contributed by atoms with Gasteiger partial charge >= 0.3 is 0 Å². The van der Waals surface area contributed by atoms with Gasteiger partial charge in [0.1, 0.15) is 47.4 Å². The Bertz CT molecular complexity index is 818. The molecule has 1 aliphatic rings. The fourth-order valence-electron chi connectivity index (χ4n) is 3.04. The third-order valence-corrected chi connectivity index (χ3v) is 4.26. The lowest BCUT2D eigenvalue weighted by atomic mass is 9.95. The molecule has 2 unspecified atom stereocenters. The average molecular weight is 373 g/mol. The van der Waals surface area contributed by atoms with E-state index in [4.69, 9.17) is 9.47 Å². The summed E-state index contributed by atoms with van der Waals surface area (Å²) in [6.45, 7) is 0.487. The lowest BCUT2D eigenvalue weighted by Gasteiger charge is -2.26. The number of carbonyl (C=O) groups is 1. The summed E-state index contributed by atoms with van der Waals surface area (Å²) in [6, 6.07) is 9.33. The summed E-state index contributed by atoms with van der Waals surface area (Å²) in [5, 5.41) is 29.6. The van der Waals surface area contributed by atoms with Gasteiger partial charge < -0.3 is 29.7 Å². The molecule has 2 atom stereocenters. The van der Waals surface area contributed by atoms with Crippen LogP contribution in [0.25, 0.3) is 0 Å². The number of benzene rings is 2. The maximum Gasteiger partial charge on any atom is 0.174 e. The number of fused-ring (bicyclic) bond motifs is 1. The fourth-order valence-corrected chi connectivity index (χ4v) is 3.04. The monoisotopic (exact) mass is 373 g/mol. The van der Waals surface area contributed by atoms with E-state index in [2.05, 4.69) is 0 Å². The highest BCUT2D eigenvalue weighted by Gasteiger charge is 2.31. The molecule has 1 aliphatic heterocycles. The Kier molecular flexibility index (Phi) is 5.53. The molecule has 0 radical (unpaired) electrons. The van der Waals surface area contributed by atoms with E-state index in [1.54, 1.807) is 18.2 Å². The highest BCUT2D eigenvalue weighted by molar-refractivity contribution is 6.02. The minimum atomic E-state index is -0.689. The van der Waals surface area contributed by atoms with Crippen LogP contribution in [0.15, 0.2) is 36.4 Å². The van der Waals surface area contributed by atoms with Crippen LogP contribution in [0, 0.1) is 0 Å². The topological polar surface area (TPSA) is 99.5 Å². The Balaban J connectivity index is 1.79. The molecule has 7 nitrogen and oxygen atoms in total. The van der Waals surface area contributed by atoms with Crippen molar-refractivity contribution in [3.63, 3.8) is 0 Å². The first-order chi connectivity index (χ1) is 12.8. The SMILES string of the molecule is CN(C)CC(O)COc1cc(O)c2c(c1)OC(c1ccc(O)cc1)CC2=O. The number of ether oxygens (including phenoxy) is 2. The van der Waals surface area contributed by atoms with E-state index in [0.29, 0.717) is 12.3 Å². The van der Waals surface area contributed by atoms with Crippen LogP contribution in [0.2, 0.25) is 0 Å². The van der Waals surface area contributed by atoms with Crippen LogP contribution in [-0.2, 0) is 0 Å². The Hall–Kier alpha value is -2.77. The molecule has 3 rings (SSSR count). The number of hydrogen-bond donors (Lipinski definition) is 3. The quantitative estimate of drug-likeness (QED) is 0.713. The van der Waals surface area contributed by atoms with Crippen molar-refractivity contribution in [3.8, 4) is 23.0 Å². The van der Waals surface area contributed by atoms with E-state index in [1.165, 1.54) is 18.2 Å². The lowest BCUT2D eigenvalue weighted by molar-refractivity contribution is 0.0804. The molecule has 0 aliphatic carbocycles. The lowest BCUT2D eigenvalue weighted by Crippen LogP contribution is -2.30. The molecule has 2 aromatic rings. The van der Waals surface area contributed by atoms with Gasteiger partial charge in [0, 0.05) is 18.7 Å². The Morgan fingerprint density at radius 2 is 1.93 bits per heavy atom. The zero-order chi connectivity index (χ0) is 19.6. The van der Waals surface area contributed by atoms with Gasteiger partial charge in [0.15, 0.2) is 5.78 Å². The van der Waals surface area contributed by atoms with Gasteiger partial charge in [-0.3, -0.25) is 4.79 Å². The van der Waals surface area contributed by atoms with Crippen LogP contribution in [0.4, 0.5) is 0 Å². The maximum atomic E-state index is 12.5. The van der Waals surface area contributed by atoms with Crippen molar-refractivity contribution in [2.24, 2.45) is 0 Å². The average Bonchev–Trinajstić information content (AvgIpc) is 2.59. The van der Waals surface area contributed by atoms with Crippen molar-refractivity contribution in [1.29, 1.82) is 0 Å². The number of aliphatic hydroxyl groups is 1. The van der Waals surface area contributed by atoms with Crippen molar-refractivity contribution in [2.75, 3.05) is 27.2 Å². The molecule has 144 valence electrons. The first-order valence-corrected chi connectivity index (χ1v) is 8.65. The molecule has 2 aromatic carbocycles. The molecular formula is C20H23NO6. The summed E-state index contributed by atoms with van der Waals surface area (Å²) < 4.78 is 11.5. The molecule has 0 bridgehead atoms. The second-order valence-corrected chi connectivity index (χ2v) is 6.87. The van der Waals surface area contributed by atoms with Crippen molar-refractivity contribution >= 4 is 5.78 Å². The van der Waals surface area contributed by atoms with Gasteiger partial charge in [0.25, 0.3) is 0 Å². The largest absolute Gasteiger partial charge is 0.508 e. The van der Waals surface area contributed by atoms with Gasteiger partial charge in [-0.15, -0.1) is 0 Å². The van der Waals surface area contributed by atoms with Gasteiger partial charge in [0.2, 0.25) is 0 Å². The van der Waals surface area contributed by atoms with Crippen molar-refractivity contribution in [3.05, 3.63) is 47.5 Å². The molecule has 0 amide bonds. The number of Topliss-reactive ketones (excluding diaryl/α,β-unsaturated/α-hetero) is 1. The van der Waals surface area contributed by atoms with Gasteiger partial charge in [0.05, 0.1) is 6.42 Å². The van der Waals surface area contributed by atoms with E-state index < -0.39 is 12.2 Å². The Labute approximate surface area is 157 Å². The third-order valence-electron chi connectivity index (χ3n) is 4.26. The summed E-state index contributed by atoms with van der Waals surface area (Å²) in [5.41, 5.74) is 0.880. The summed E-state index contributed by atoms with van der Waals surface area (Å²) >= 11 is 0. The number of hydrogen-bond acceptors (Lipinski definition) is 7. The minimum absolute atomic E-state index is 0.0474. The Morgan fingerprint density at radius 1 is 1.22 bits per heavy atom. The Morgan fingerprint density at radius 3 is 2.59 bits per heavy atom. The van der Waals surface area contributed by atoms with E-state index in [-0.39, 0.29) is 41.6 Å². The van der Waals surface area contributed by atoms with Gasteiger partial charge in [-0.25, -0.2) is 0 Å². The zero-order valence-electron chi connectivity index (χ0n) is 15.3. The second kappa shape index (κ2) is 7.85. The summed E-state index contributed by atoms with van der Waals surface area (Å²) in [6.07, 6.45) is -1.11. The molecule has 1 heterocycles. The molecule has 0 spiro atoms. The van der Waals surface area contributed by atoms with Crippen LogP contribution in [0.3, 0.4) is 0 Å². The summed E-state index contributed by atoms with van der Waals surface area (Å²) in [7, 11) is 3.69. The van der Waals surface area contributed by atoms with E-state index in [1.807, 2.05) is 19.0 Å². The molecular weight excluding hydrogens is 350 g/mol. The molecule has 0 saturated carbocycles. The molecule has 7 heteroatoms. The number of rotatable bonds is 6. The predicted octanol–water partition coefficient (Wildman–Crippen LogP) is 2.11. The first kappa shape index (κ1) is 19.0. The van der Waals surface area contributed by atoms with E-state index in [0.717, 1.165) is 5.56 Å². The van der Waals surface area contributed by atoms with Crippen molar-refractivity contribution < 1.29 is 29.6 Å². The van der Waals surface area contributed by atoms with E-state index in [9.17, 15) is 20.1 Å². The number of nitrogens with zero attached hydrogens (tertiary/aromatic N) is 1. The van der Waals surface area contributed by atoms with Crippen molar-refractivity contribution in [1.82, 2.24) is 4.90 Å². The normalized spacial score (nSPS) is 17.3. The summed E-state index contributed by atoms with van der Waals surface area (Å²) in [5.74, 6) is 0.236. The number of aromatic hydroxyl groups is 2. The molecule has 3 N–H and O–H groups in total. The third kappa shape index (κ3) is 4.50. The van der Waals surface area contributed by atoms with Crippen molar-refractivity contribution in [2.45, 2.75) is 18.6 Å². The summed E-state index contributed by atoms with van der Waals surface area (Å²) in [4.78, 5) is 14.3. The van der Waals surface area contributed by atoms with Crippen LogP contribution >= 0.6 is 0 Å². The van der Waals surface area contributed by atoms with E-state index >= 15 is 0 Å². The maximum absolute atomic E-state index is 12.5. The highest BCUT2D eigenvalue weighted by atomic mass is 16.5. The van der Waals surface area contributed by atoms with Gasteiger partial charge in [-0.2, -0.15) is 0 Å². The second-order valence-electron chi connectivity index (χ2n) is 6.87. The zero-order valence-corrected chi connectivity index (χ0v) is 15.3. The van der Waals surface area contributed by atoms with Crippen LogP contribution < -0.4 is 9.47 Å². The number of aliphatic hydroxyl groups excluding tert-OH is 1. The standard InChI is InChI=1S/C20H23NO6/c1-21(2)10-14(23)11-26-15-7-16(24)20-17(25)9-18(27-19(20)8-15)12-3-5-13(22)6-4-12/h3-8,14,18,22-24H,9-11H2,1-2H3. The smallest absolute Gasteiger partial charge is 0.174 e. The number of phenols is 2. The van der Waals surface area contributed by atoms with Gasteiger partial charge in [-0.05, 0) is 31.8 Å². The molecule has 0 aromatic heterocycles. The number of likely N-dealkylation sites (N-methyl/N-ethyl adjacent to an activating group) is 1. The highest BCUT2D eigenvalue weighted by Crippen LogP contribution is 2.42. The molecule has 0 fully saturated rings. The number of ketones is 1. The molecule has 27 heavy (non-hydrogen) atoms. The minimum Gasteiger partial charge on any atom is -0.508 e. The number of carbonyl (C=O) groups excluding carboxylic acids is 1.